The van der Waals surface area contributed by atoms with Crippen molar-refractivity contribution in [3.8, 4) is 0 Å². The molecule has 0 heterocycles. The van der Waals surface area contributed by atoms with Crippen LogP contribution in [0.5, 0.6) is 0 Å². The van der Waals surface area contributed by atoms with Crippen molar-refractivity contribution >= 4 is 17.8 Å². The molecule has 0 saturated heterocycles. The maximum Gasteiger partial charge on any atom is 0.325 e. The summed E-state index contributed by atoms with van der Waals surface area (Å²) < 4.78 is 10.5. The second-order valence-electron chi connectivity index (χ2n) is 10.9. The van der Waals surface area contributed by atoms with Gasteiger partial charge in [-0.2, -0.15) is 0 Å². The maximum atomic E-state index is 13.0. The molecule has 4 aliphatic rings. The molecule has 0 spiro atoms. The number of carbonyl (C=O) groups is 3. The summed E-state index contributed by atoms with van der Waals surface area (Å²) in [7, 11) is 0. The first-order chi connectivity index (χ1) is 15.2. The van der Waals surface area contributed by atoms with Gasteiger partial charge in [-0.3, -0.25) is 14.4 Å². The van der Waals surface area contributed by atoms with Gasteiger partial charge in [0.15, 0.2) is 0 Å². The normalized spacial score (nSPS) is 40.2. The molecule has 0 unspecified atom stereocenters. The van der Waals surface area contributed by atoms with Crippen LogP contribution in [0.25, 0.3) is 0 Å². The average Bonchev–Trinajstić information content (AvgIpc) is 3.09. The van der Waals surface area contributed by atoms with E-state index < -0.39 is 0 Å². The van der Waals surface area contributed by atoms with E-state index in [0.717, 1.165) is 51.4 Å². The Morgan fingerprint density at radius 3 is 2.59 bits per heavy atom. The van der Waals surface area contributed by atoms with E-state index in [0.29, 0.717) is 24.4 Å². The van der Waals surface area contributed by atoms with Crippen molar-refractivity contribution in [1.29, 1.82) is 0 Å². The number of rotatable bonds is 5. The van der Waals surface area contributed by atoms with Crippen LogP contribution in [-0.4, -0.2) is 37.1 Å². The minimum Gasteiger partial charge on any atom is -0.465 e. The fourth-order valence-corrected chi connectivity index (χ4v) is 7.89. The zero-order valence-corrected chi connectivity index (χ0v) is 20.1. The molecule has 3 saturated carbocycles. The van der Waals surface area contributed by atoms with Crippen LogP contribution >= 0.6 is 0 Å². The number of hydrogen-bond acceptors (Lipinski definition) is 5. The molecule has 1 amide bonds. The van der Waals surface area contributed by atoms with E-state index in [-0.39, 0.29) is 47.2 Å². The van der Waals surface area contributed by atoms with Gasteiger partial charge in [0.05, 0.1) is 6.61 Å². The Balaban J connectivity index is 1.46. The number of nitrogens with one attached hydrogen (secondary N) is 1. The highest BCUT2D eigenvalue weighted by Crippen LogP contribution is 2.66. The highest BCUT2D eigenvalue weighted by Gasteiger charge is 2.60. The monoisotopic (exact) mass is 445 g/mol. The van der Waals surface area contributed by atoms with E-state index in [9.17, 15) is 14.4 Å². The van der Waals surface area contributed by atoms with Gasteiger partial charge in [0, 0.05) is 19.3 Å². The number of amides is 1. The fourth-order valence-electron chi connectivity index (χ4n) is 7.89. The lowest BCUT2D eigenvalue weighted by Crippen LogP contribution is -2.52. The predicted molar refractivity (Wildman–Crippen MR) is 120 cm³/mol. The summed E-state index contributed by atoms with van der Waals surface area (Å²) in [4.78, 5) is 36.2. The van der Waals surface area contributed by atoms with Crippen molar-refractivity contribution in [2.45, 2.75) is 85.2 Å². The van der Waals surface area contributed by atoms with E-state index in [4.69, 9.17) is 9.47 Å². The standard InChI is InChI=1S/C26H39NO5/c1-5-31-23(29)15-27-24(30)22-9-8-20-19-7-6-17-14-18(32-16(2)28)10-12-25(17,3)21(19)11-13-26(20,22)4/h6,18-22H,5,7-15H2,1-4H3,(H,27,30)/t18-,19-,20-,21-,22+,25-,26-/m0/s1. The van der Waals surface area contributed by atoms with Gasteiger partial charge in [0.1, 0.15) is 12.6 Å². The average molecular weight is 446 g/mol. The van der Waals surface area contributed by atoms with Crippen LogP contribution in [0.2, 0.25) is 0 Å². The smallest absolute Gasteiger partial charge is 0.325 e. The van der Waals surface area contributed by atoms with Crippen LogP contribution in [0.3, 0.4) is 0 Å². The van der Waals surface area contributed by atoms with Crippen molar-refractivity contribution < 1.29 is 23.9 Å². The summed E-state index contributed by atoms with van der Waals surface area (Å²) >= 11 is 0. The molecule has 0 bridgehead atoms. The third kappa shape index (κ3) is 3.99. The molecule has 0 aromatic carbocycles. The van der Waals surface area contributed by atoms with Crippen LogP contribution < -0.4 is 5.32 Å². The highest BCUT2D eigenvalue weighted by atomic mass is 16.5. The SMILES string of the molecule is CCOC(=O)CNC(=O)[C@H]1CC[C@H]2[C@@H]3CC=C4C[C@@H](OC(C)=O)CC[C@]4(C)[C@H]3CC[C@]12C. The van der Waals surface area contributed by atoms with Crippen molar-refractivity contribution in [3.05, 3.63) is 11.6 Å². The van der Waals surface area contributed by atoms with Gasteiger partial charge in [-0.1, -0.05) is 25.5 Å². The van der Waals surface area contributed by atoms with Gasteiger partial charge in [-0.25, -0.2) is 0 Å². The van der Waals surface area contributed by atoms with Crippen molar-refractivity contribution in [2.24, 2.45) is 34.5 Å². The summed E-state index contributed by atoms with van der Waals surface area (Å²) in [5.74, 6) is 1.23. The van der Waals surface area contributed by atoms with Crippen LogP contribution in [0, 0.1) is 34.5 Å². The molecule has 0 aromatic heterocycles. The summed E-state index contributed by atoms with van der Waals surface area (Å²) in [5, 5.41) is 2.85. The van der Waals surface area contributed by atoms with Crippen molar-refractivity contribution in [1.82, 2.24) is 5.32 Å². The molecule has 0 radical (unpaired) electrons. The molecule has 6 nitrogen and oxygen atoms in total. The Labute approximate surface area is 191 Å². The second-order valence-corrected chi connectivity index (χ2v) is 10.9. The zero-order valence-electron chi connectivity index (χ0n) is 20.1. The molecule has 32 heavy (non-hydrogen) atoms. The van der Waals surface area contributed by atoms with Crippen molar-refractivity contribution in [2.75, 3.05) is 13.2 Å². The van der Waals surface area contributed by atoms with E-state index in [2.05, 4.69) is 25.2 Å². The van der Waals surface area contributed by atoms with E-state index in [1.165, 1.54) is 12.5 Å². The summed E-state index contributed by atoms with van der Waals surface area (Å²) in [5.41, 5.74) is 1.67. The number of hydrogen-bond donors (Lipinski definition) is 1. The summed E-state index contributed by atoms with van der Waals surface area (Å²) in [6, 6.07) is 0. The highest BCUT2D eigenvalue weighted by molar-refractivity contribution is 5.84. The Morgan fingerprint density at radius 2 is 1.88 bits per heavy atom. The molecule has 6 heteroatoms. The minimum absolute atomic E-state index is 0.00342. The van der Waals surface area contributed by atoms with Crippen LogP contribution in [0.4, 0.5) is 0 Å². The zero-order chi connectivity index (χ0) is 23.1. The predicted octanol–water partition coefficient (Wildman–Crippen LogP) is 4.18. The molecule has 7 atom stereocenters. The number of esters is 2. The van der Waals surface area contributed by atoms with E-state index in [1.54, 1.807) is 6.92 Å². The van der Waals surface area contributed by atoms with Crippen LogP contribution in [0.1, 0.15) is 79.1 Å². The molecular formula is C26H39NO5. The number of fused-ring (bicyclic) bond motifs is 5. The first kappa shape index (κ1) is 23.3. The van der Waals surface area contributed by atoms with Crippen LogP contribution in [0.15, 0.2) is 11.6 Å². The lowest BCUT2D eigenvalue weighted by Gasteiger charge is -2.58. The van der Waals surface area contributed by atoms with Crippen molar-refractivity contribution in [3.63, 3.8) is 0 Å². The summed E-state index contributed by atoms with van der Waals surface area (Å²) in [6.07, 6.45) is 10.6. The van der Waals surface area contributed by atoms with Gasteiger partial charge < -0.3 is 14.8 Å². The van der Waals surface area contributed by atoms with E-state index in [1.807, 2.05) is 0 Å². The Bertz CT molecular complexity index is 806. The second kappa shape index (κ2) is 8.83. The molecule has 1 N–H and O–H groups in total. The largest absolute Gasteiger partial charge is 0.465 e. The lowest BCUT2D eigenvalue weighted by atomic mass is 9.47. The molecule has 4 rings (SSSR count). The van der Waals surface area contributed by atoms with E-state index >= 15 is 0 Å². The molecular weight excluding hydrogens is 406 g/mol. The topological polar surface area (TPSA) is 81.7 Å². The fraction of sp³-hybridized carbons (Fsp3) is 0.808. The number of allylic oxidation sites excluding steroid dienone is 1. The minimum atomic E-state index is -0.369. The van der Waals surface area contributed by atoms with Gasteiger partial charge in [-0.15, -0.1) is 0 Å². The van der Waals surface area contributed by atoms with Gasteiger partial charge >= 0.3 is 11.9 Å². The lowest BCUT2D eigenvalue weighted by molar-refractivity contribution is -0.149. The Morgan fingerprint density at radius 1 is 1.09 bits per heavy atom. The van der Waals surface area contributed by atoms with Gasteiger partial charge in [-0.05, 0) is 80.5 Å². The van der Waals surface area contributed by atoms with Gasteiger partial charge in [0.25, 0.3) is 0 Å². The number of ether oxygens (including phenoxy) is 2. The Kier molecular flexibility index (Phi) is 6.43. The molecule has 0 aliphatic heterocycles. The third-order valence-electron chi connectivity index (χ3n) is 9.42. The molecule has 0 aromatic rings. The first-order valence-electron chi connectivity index (χ1n) is 12.5. The third-order valence-corrected chi connectivity index (χ3v) is 9.42. The quantitative estimate of drug-likeness (QED) is 0.507. The summed E-state index contributed by atoms with van der Waals surface area (Å²) in [6.45, 7) is 8.31. The first-order valence-corrected chi connectivity index (χ1v) is 12.5. The van der Waals surface area contributed by atoms with Crippen LogP contribution in [-0.2, 0) is 23.9 Å². The molecule has 4 aliphatic carbocycles. The van der Waals surface area contributed by atoms with Gasteiger partial charge in [0.2, 0.25) is 5.91 Å². The molecule has 3 fully saturated rings. The Hall–Kier alpha value is -1.85. The molecule has 178 valence electrons. The maximum absolute atomic E-state index is 13.0. The number of carbonyl (C=O) groups excluding carboxylic acids is 3.